The van der Waals surface area contributed by atoms with E-state index < -0.39 is 9.84 Å². The Morgan fingerprint density at radius 3 is 2.56 bits per heavy atom. The van der Waals surface area contributed by atoms with Crippen molar-refractivity contribution < 1.29 is 12.9 Å². The van der Waals surface area contributed by atoms with Gasteiger partial charge in [0.25, 0.3) is 0 Å². The topological polar surface area (TPSA) is 73.1 Å². The maximum absolute atomic E-state index is 10.9. The summed E-state index contributed by atoms with van der Waals surface area (Å²) in [6.45, 7) is 0. The first-order chi connectivity index (χ1) is 7.54. The second-order valence-electron chi connectivity index (χ2n) is 3.27. The quantitative estimate of drug-likeness (QED) is 0.807. The predicted molar refractivity (Wildman–Crippen MR) is 57.7 cm³/mol. The minimum atomic E-state index is -3.39. The van der Waals surface area contributed by atoms with Gasteiger partial charge in [0.05, 0.1) is 6.26 Å². The van der Waals surface area contributed by atoms with Crippen molar-refractivity contribution in [2.24, 2.45) is 0 Å². The van der Waals surface area contributed by atoms with E-state index in [0.717, 1.165) is 5.56 Å². The lowest BCUT2D eigenvalue weighted by Gasteiger charge is -1.90. The number of nitrogens with zero attached hydrogens (tertiary/aromatic N) is 2. The van der Waals surface area contributed by atoms with Crippen LogP contribution in [0, 0.1) is 6.26 Å². The first-order valence-corrected chi connectivity index (χ1v) is 6.30. The molecule has 1 radical (unpaired) electrons. The van der Waals surface area contributed by atoms with Gasteiger partial charge in [-0.2, -0.15) is 4.98 Å². The van der Waals surface area contributed by atoms with Gasteiger partial charge in [0, 0.05) is 5.56 Å². The molecular weight excluding hydrogens is 228 g/mol. The smallest absolute Gasteiger partial charge is 0.242 e. The molecule has 0 N–H and O–H groups in total. The zero-order chi connectivity index (χ0) is 11.6. The van der Waals surface area contributed by atoms with Crippen LogP contribution in [0.15, 0.2) is 34.9 Å². The van der Waals surface area contributed by atoms with Crippen molar-refractivity contribution in [1.82, 2.24) is 10.1 Å². The monoisotopic (exact) mass is 237 g/mol. The van der Waals surface area contributed by atoms with Gasteiger partial charge in [-0.25, -0.2) is 8.42 Å². The summed E-state index contributed by atoms with van der Waals surface area (Å²) in [4.78, 5) is 3.97. The molecule has 0 aliphatic carbocycles. The van der Waals surface area contributed by atoms with E-state index in [1.54, 1.807) is 0 Å². The summed E-state index contributed by atoms with van der Waals surface area (Å²) in [6.07, 6.45) is 2.99. The predicted octanol–water partition coefficient (Wildman–Crippen LogP) is 1.44. The largest absolute Gasteiger partial charge is 0.338 e. The molecule has 0 atom stereocenters. The molecule has 0 amide bonds. The fourth-order valence-corrected chi connectivity index (χ4v) is 1.70. The SMILES string of the molecule is [CH2]S(=O)(=O)Cc1nc(-c2ccccc2)no1. The molecule has 1 heterocycles. The summed E-state index contributed by atoms with van der Waals surface area (Å²) in [5, 5.41) is 3.69. The van der Waals surface area contributed by atoms with Gasteiger partial charge in [0.2, 0.25) is 11.7 Å². The highest BCUT2D eigenvalue weighted by molar-refractivity contribution is 7.91. The maximum atomic E-state index is 10.9. The van der Waals surface area contributed by atoms with Gasteiger partial charge in [0.15, 0.2) is 9.84 Å². The van der Waals surface area contributed by atoms with Crippen molar-refractivity contribution in [3.05, 3.63) is 42.5 Å². The number of benzene rings is 1. The van der Waals surface area contributed by atoms with E-state index in [1.807, 2.05) is 30.3 Å². The molecule has 0 saturated heterocycles. The minimum absolute atomic E-state index is 0.0499. The number of hydrogen-bond donors (Lipinski definition) is 0. The van der Waals surface area contributed by atoms with E-state index in [0.29, 0.717) is 5.82 Å². The first kappa shape index (κ1) is 10.8. The summed E-state index contributed by atoms with van der Waals surface area (Å²) >= 11 is 0. The van der Waals surface area contributed by atoms with Gasteiger partial charge in [0.1, 0.15) is 5.75 Å². The average Bonchev–Trinajstić information content (AvgIpc) is 2.65. The zero-order valence-corrected chi connectivity index (χ0v) is 9.14. The molecule has 83 valence electrons. The van der Waals surface area contributed by atoms with Crippen LogP contribution in [0.4, 0.5) is 0 Å². The van der Waals surface area contributed by atoms with Crippen molar-refractivity contribution >= 4 is 9.84 Å². The van der Waals surface area contributed by atoms with Crippen LogP contribution in [0.2, 0.25) is 0 Å². The number of hydrogen-bond acceptors (Lipinski definition) is 5. The molecule has 0 unspecified atom stereocenters. The Labute approximate surface area is 93.0 Å². The molecule has 2 rings (SSSR count). The van der Waals surface area contributed by atoms with Crippen LogP contribution in [-0.2, 0) is 15.6 Å². The molecular formula is C10H9N2O3S. The van der Waals surface area contributed by atoms with Gasteiger partial charge in [-0.05, 0) is 0 Å². The maximum Gasteiger partial charge on any atom is 0.242 e. The second kappa shape index (κ2) is 4.05. The third-order valence-electron chi connectivity index (χ3n) is 1.84. The van der Waals surface area contributed by atoms with Crippen LogP contribution in [0.25, 0.3) is 11.4 Å². The van der Waals surface area contributed by atoms with Crippen molar-refractivity contribution in [3.8, 4) is 11.4 Å². The van der Waals surface area contributed by atoms with E-state index in [9.17, 15) is 8.42 Å². The minimum Gasteiger partial charge on any atom is -0.338 e. The number of aromatic nitrogens is 2. The Morgan fingerprint density at radius 2 is 1.94 bits per heavy atom. The van der Waals surface area contributed by atoms with Crippen LogP contribution >= 0.6 is 0 Å². The van der Waals surface area contributed by atoms with E-state index in [4.69, 9.17) is 4.52 Å². The summed E-state index contributed by atoms with van der Waals surface area (Å²) in [6, 6.07) is 9.17. The molecule has 0 bridgehead atoms. The van der Waals surface area contributed by atoms with Gasteiger partial charge in [-0.3, -0.25) is 0 Å². The van der Waals surface area contributed by atoms with Crippen LogP contribution in [0.1, 0.15) is 5.89 Å². The molecule has 2 aromatic rings. The molecule has 0 spiro atoms. The van der Waals surface area contributed by atoms with Crippen molar-refractivity contribution in [2.75, 3.05) is 0 Å². The molecule has 1 aromatic heterocycles. The lowest BCUT2D eigenvalue weighted by Crippen LogP contribution is -1.98. The molecule has 1 aromatic carbocycles. The fourth-order valence-electron chi connectivity index (χ4n) is 1.21. The summed E-state index contributed by atoms with van der Waals surface area (Å²) in [7, 11) is -3.39. The van der Waals surface area contributed by atoms with Crippen molar-refractivity contribution in [2.45, 2.75) is 5.75 Å². The highest BCUT2D eigenvalue weighted by Gasteiger charge is 2.13. The van der Waals surface area contributed by atoms with Gasteiger partial charge in [-0.15, -0.1) is 0 Å². The average molecular weight is 237 g/mol. The third-order valence-corrected chi connectivity index (χ3v) is 2.53. The molecule has 0 saturated carbocycles. The molecule has 6 heteroatoms. The summed E-state index contributed by atoms with van der Waals surface area (Å²) < 4.78 is 26.6. The van der Waals surface area contributed by atoms with Gasteiger partial charge >= 0.3 is 0 Å². The zero-order valence-electron chi connectivity index (χ0n) is 8.33. The fraction of sp³-hybridized carbons (Fsp3) is 0.100. The summed E-state index contributed by atoms with van der Waals surface area (Å²) in [5.74, 6) is 0.0837. The molecule has 16 heavy (non-hydrogen) atoms. The van der Waals surface area contributed by atoms with E-state index in [2.05, 4.69) is 16.4 Å². The third kappa shape index (κ3) is 2.66. The van der Waals surface area contributed by atoms with E-state index >= 15 is 0 Å². The Hall–Kier alpha value is -1.69. The molecule has 0 aliphatic rings. The lowest BCUT2D eigenvalue weighted by molar-refractivity contribution is 0.389. The molecule has 5 nitrogen and oxygen atoms in total. The Morgan fingerprint density at radius 1 is 1.25 bits per heavy atom. The highest BCUT2D eigenvalue weighted by atomic mass is 32.2. The first-order valence-electron chi connectivity index (χ1n) is 4.48. The Bertz CT molecular complexity index is 575. The Kier molecular flexibility index (Phi) is 2.74. The highest BCUT2D eigenvalue weighted by Crippen LogP contribution is 2.15. The van der Waals surface area contributed by atoms with E-state index in [1.165, 1.54) is 0 Å². The van der Waals surface area contributed by atoms with E-state index in [-0.39, 0.29) is 11.6 Å². The number of sulfone groups is 1. The standard InChI is InChI=1S/C10H9N2O3S/c1-16(13,14)7-9-11-10(12-15-9)8-5-3-2-4-6-8/h2-6H,1,7H2. The van der Waals surface area contributed by atoms with Gasteiger partial charge < -0.3 is 4.52 Å². The Balaban J connectivity index is 2.27. The normalized spacial score (nSPS) is 11.6. The van der Waals surface area contributed by atoms with Crippen molar-refractivity contribution in [1.29, 1.82) is 0 Å². The second-order valence-corrected chi connectivity index (χ2v) is 5.04. The van der Waals surface area contributed by atoms with Gasteiger partial charge in [-0.1, -0.05) is 35.5 Å². The van der Waals surface area contributed by atoms with Crippen LogP contribution in [0.5, 0.6) is 0 Å². The van der Waals surface area contributed by atoms with Crippen LogP contribution < -0.4 is 0 Å². The summed E-state index contributed by atoms with van der Waals surface area (Å²) in [5.41, 5.74) is 0.777. The lowest BCUT2D eigenvalue weighted by atomic mass is 10.2. The number of rotatable bonds is 3. The molecule has 0 aliphatic heterocycles. The van der Waals surface area contributed by atoms with Crippen LogP contribution in [-0.4, -0.2) is 18.6 Å². The van der Waals surface area contributed by atoms with Crippen LogP contribution in [0.3, 0.4) is 0 Å². The molecule has 0 fully saturated rings. The van der Waals surface area contributed by atoms with Crippen molar-refractivity contribution in [3.63, 3.8) is 0 Å².